The smallest absolute Gasteiger partial charge is 0.340 e. The molecule has 1 N–H and O–H groups in total. The first-order chi connectivity index (χ1) is 31.9. The fraction of sp³-hybridized carbons (Fsp3) is 0.264. The first-order valence-electron chi connectivity index (χ1n) is 22.0. The van der Waals surface area contributed by atoms with Gasteiger partial charge in [0.1, 0.15) is 28.8 Å². The Morgan fingerprint density at radius 1 is 0.803 bits per heavy atom. The molecule has 66 heavy (non-hydrogen) atoms. The maximum absolute atomic E-state index is 14.2. The van der Waals surface area contributed by atoms with Gasteiger partial charge in [0, 0.05) is 63.0 Å². The highest BCUT2D eigenvalue weighted by atomic mass is 19.3. The van der Waals surface area contributed by atoms with Crippen LogP contribution in [0.15, 0.2) is 126 Å². The standard InChI is InChI=1S/C53H50F4N4O5/c1-6-8-13-33(7-2)30-61-45-27-22-36(47(60-66-32(3)62)41-16-11-12-17-46(41)65-31-53(56,57)52(54)55)28-42(45)43-29-44(39-14-9-10-15-40(39)50(43)61)51-58-48(34-18-23-37(63-4)24-19-34)49(59-51)35-20-25-38(64-5)26-21-35/h9-12,14-29,33,52H,6-8,13,30-31H2,1-5H3,(H,58,59)/b60-47+. The largest absolute Gasteiger partial charge is 0.497 e. The molecule has 8 rings (SSSR count). The maximum Gasteiger partial charge on any atom is 0.340 e. The summed E-state index contributed by atoms with van der Waals surface area (Å²) in [7, 11) is 3.26. The molecule has 340 valence electrons. The van der Waals surface area contributed by atoms with Crippen molar-refractivity contribution in [1.29, 1.82) is 0 Å². The number of nitrogens with one attached hydrogen (secondary N) is 1. The van der Waals surface area contributed by atoms with E-state index in [0.717, 1.165) is 104 Å². The number of aromatic amines is 1. The second-order valence-corrected chi connectivity index (χ2v) is 16.3. The van der Waals surface area contributed by atoms with Crippen LogP contribution in [-0.2, 0) is 16.2 Å². The highest BCUT2D eigenvalue weighted by molar-refractivity contribution is 6.23. The van der Waals surface area contributed by atoms with Gasteiger partial charge in [0.25, 0.3) is 0 Å². The van der Waals surface area contributed by atoms with Gasteiger partial charge in [-0.1, -0.05) is 80.7 Å². The number of imidazole rings is 1. The normalized spacial score (nSPS) is 12.6. The predicted molar refractivity (Wildman–Crippen MR) is 252 cm³/mol. The molecule has 6 aromatic carbocycles. The number of H-pyrrole nitrogens is 1. The second-order valence-electron chi connectivity index (χ2n) is 16.3. The Hall–Kier alpha value is -7.15. The fourth-order valence-corrected chi connectivity index (χ4v) is 8.49. The number of unbranched alkanes of at least 4 members (excludes halogenated alkanes) is 1. The van der Waals surface area contributed by atoms with Crippen LogP contribution in [0.3, 0.4) is 0 Å². The van der Waals surface area contributed by atoms with Crippen LogP contribution in [0.2, 0.25) is 0 Å². The van der Waals surface area contributed by atoms with E-state index in [1.165, 1.54) is 19.1 Å². The van der Waals surface area contributed by atoms with Gasteiger partial charge in [0.15, 0.2) is 6.61 Å². The monoisotopic (exact) mass is 898 g/mol. The molecule has 1 unspecified atom stereocenters. The van der Waals surface area contributed by atoms with Gasteiger partial charge in [-0.2, -0.15) is 8.78 Å². The van der Waals surface area contributed by atoms with Crippen LogP contribution in [-0.4, -0.2) is 59.4 Å². The molecule has 0 aliphatic heterocycles. The number of nitrogens with zero attached hydrogens (tertiary/aromatic N) is 3. The van der Waals surface area contributed by atoms with Crippen LogP contribution < -0.4 is 14.2 Å². The average Bonchev–Trinajstić information content (AvgIpc) is 3.91. The van der Waals surface area contributed by atoms with Gasteiger partial charge < -0.3 is 28.6 Å². The highest BCUT2D eigenvalue weighted by Crippen LogP contribution is 2.43. The molecule has 8 aromatic rings. The number of aromatic nitrogens is 3. The fourth-order valence-electron chi connectivity index (χ4n) is 8.49. The van der Waals surface area contributed by atoms with E-state index in [-0.39, 0.29) is 17.0 Å². The Labute approximate surface area is 380 Å². The van der Waals surface area contributed by atoms with Gasteiger partial charge in [-0.05, 0) is 96.6 Å². The molecule has 9 nitrogen and oxygen atoms in total. The Bertz CT molecular complexity index is 2970. The molecule has 13 heteroatoms. The molecule has 0 amide bonds. The summed E-state index contributed by atoms with van der Waals surface area (Å²) in [6.07, 6.45) is 0.270. The summed E-state index contributed by atoms with van der Waals surface area (Å²) in [5.74, 6) is -2.81. The number of para-hydroxylation sites is 1. The number of methoxy groups -OCH3 is 2. The van der Waals surface area contributed by atoms with E-state index in [4.69, 9.17) is 24.0 Å². The van der Waals surface area contributed by atoms with Crippen LogP contribution in [0.25, 0.3) is 66.5 Å². The molecule has 0 fully saturated rings. The number of oxime groups is 1. The van der Waals surface area contributed by atoms with Gasteiger partial charge in [-0.3, -0.25) is 0 Å². The summed E-state index contributed by atoms with van der Waals surface area (Å²) in [5, 5.41) is 7.96. The Balaban J connectivity index is 1.38. The van der Waals surface area contributed by atoms with Crippen molar-refractivity contribution in [3.05, 3.63) is 132 Å². The molecule has 0 aliphatic rings. The number of carbonyl (C=O) groups excluding carboxylic acids is 1. The van der Waals surface area contributed by atoms with E-state index in [0.29, 0.717) is 17.3 Å². The summed E-state index contributed by atoms with van der Waals surface area (Å²) in [6, 6.07) is 37.8. The summed E-state index contributed by atoms with van der Waals surface area (Å²) in [4.78, 5) is 26.4. The topological polar surface area (TPSA) is 100.0 Å². The third-order valence-electron chi connectivity index (χ3n) is 12.0. The molecular weight excluding hydrogens is 849 g/mol. The van der Waals surface area contributed by atoms with Crippen molar-refractivity contribution in [2.45, 2.75) is 65.3 Å². The number of rotatable bonds is 18. The van der Waals surface area contributed by atoms with Gasteiger partial charge in [0.2, 0.25) is 0 Å². The molecule has 2 aromatic heterocycles. The molecule has 1 atom stereocenters. The van der Waals surface area contributed by atoms with Crippen molar-refractivity contribution >= 4 is 44.3 Å². The van der Waals surface area contributed by atoms with E-state index < -0.39 is 24.9 Å². The lowest BCUT2D eigenvalue weighted by atomic mass is 9.97. The number of carbonyl (C=O) groups is 1. The Morgan fingerprint density at radius 2 is 1.47 bits per heavy atom. The molecule has 2 heterocycles. The molecule has 0 radical (unpaired) electrons. The van der Waals surface area contributed by atoms with Crippen molar-refractivity contribution in [2.75, 3.05) is 20.8 Å². The van der Waals surface area contributed by atoms with E-state index in [1.54, 1.807) is 26.4 Å². The molecule has 0 bridgehead atoms. The number of alkyl halides is 4. The van der Waals surface area contributed by atoms with Crippen LogP contribution in [0.1, 0.15) is 57.6 Å². The first-order valence-corrected chi connectivity index (χ1v) is 22.0. The highest BCUT2D eigenvalue weighted by Gasteiger charge is 2.42. The summed E-state index contributed by atoms with van der Waals surface area (Å²) in [6.45, 7) is 4.77. The maximum atomic E-state index is 14.2. The van der Waals surface area contributed by atoms with E-state index in [2.05, 4.69) is 46.8 Å². The minimum absolute atomic E-state index is 0.0821. The molecule has 0 spiro atoms. The lowest BCUT2D eigenvalue weighted by Gasteiger charge is -2.19. The van der Waals surface area contributed by atoms with Gasteiger partial charge >= 0.3 is 18.3 Å². The number of hydrogen-bond donors (Lipinski definition) is 1. The van der Waals surface area contributed by atoms with Crippen molar-refractivity contribution in [3.8, 4) is 51.2 Å². The van der Waals surface area contributed by atoms with Gasteiger partial charge in [-0.25, -0.2) is 18.6 Å². The van der Waals surface area contributed by atoms with Crippen LogP contribution in [0.4, 0.5) is 17.6 Å². The number of ether oxygens (including phenoxy) is 3. The molecule has 0 saturated heterocycles. The zero-order chi connectivity index (χ0) is 46.5. The third-order valence-corrected chi connectivity index (χ3v) is 12.0. The SMILES string of the molecule is CCCCC(CC)Cn1c2ccc(/C(=N\OC(C)=O)c3ccccc3OCC(F)(F)C(F)F)cc2c2cc(-c3nc(-c4ccc(OC)cc4)c(-c4ccc(OC)cc4)[nH]3)c3ccccc3c21. The number of halogens is 4. The van der Waals surface area contributed by atoms with Crippen LogP contribution in [0, 0.1) is 5.92 Å². The van der Waals surface area contributed by atoms with Crippen molar-refractivity contribution in [3.63, 3.8) is 0 Å². The Morgan fingerprint density at radius 3 is 2.12 bits per heavy atom. The first kappa shape index (κ1) is 45.4. The third kappa shape index (κ3) is 9.20. The summed E-state index contributed by atoms with van der Waals surface area (Å²) >= 11 is 0. The van der Waals surface area contributed by atoms with E-state index >= 15 is 0 Å². The van der Waals surface area contributed by atoms with Crippen molar-refractivity contribution < 1.29 is 41.4 Å². The van der Waals surface area contributed by atoms with E-state index in [9.17, 15) is 22.4 Å². The molecule has 0 aliphatic carbocycles. The van der Waals surface area contributed by atoms with Crippen molar-refractivity contribution in [2.24, 2.45) is 11.1 Å². The van der Waals surface area contributed by atoms with Crippen LogP contribution in [0.5, 0.6) is 17.2 Å². The second kappa shape index (κ2) is 19.5. The quantitative estimate of drug-likeness (QED) is 0.0398. The van der Waals surface area contributed by atoms with E-state index in [1.807, 2.05) is 78.9 Å². The van der Waals surface area contributed by atoms with Crippen LogP contribution >= 0.6 is 0 Å². The Kier molecular flexibility index (Phi) is 13.4. The number of fused-ring (bicyclic) bond motifs is 5. The zero-order valence-corrected chi connectivity index (χ0v) is 37.3. The van der Waals surface area contributed by atoms with Gasteiger partial charge in [-0.15, -0.1) is 0 Å². The zero-order valence-electron chi connectivity index (χ0n) is 37.3. The summed E-state index contributed by atoms with van der Waals surface area (Å²) in [5.41, 5.74) is 6.87. The summed E-state index contributed by atoms with van der Waals surface area (Å²) < 4.78 is 73.5. The predicted octanol–water partition coefficient (Wildman–Crippen LogP) is 13.5. The molecule has 0 saturated carbocycles. The lowest BCUT2D eigenvalue weighted by Crippen LogP contribution is -2.34. The molecular formula is C53H50F4N4O5. The minimum Gasteiger partial charge on any atom is -0.497 e. The van der Waals surface area contributed by atoms with Crippen molar-refractivity contribution in [1.82, 2.24) is 14.5 Å². The number of hydrogen-bond acceptors (Lipinski definition) is 7. The van der Waals surface area contributed by atoms with Gasteiger partial charge in [0.05, 0.1) is 31.1 Å². The number of benzene rings is 6. The lowest BCUT2D eigenvalue weighted by molar-refractivity contribution is -0.148. The average molecular weight is 899 g/mol. The minimum atomic E-state index is -4.41.